The third-order valence-corrected chi connectivity index (χ3v) is 1.22. The van der Waals surface area contributed by atoms with Crippen LogP contribution < -0.4 is 5.32 Å². The quantitative estimate of drug-likeness (QED) is 0.662. The molecule has 0 aliphatic rings. The highest BCUT2D eigenvalue weighted by Gasteiger charge is 2.07. The molecule has 72 valence electrons. The number of carbonyl (C=O) groups is 1. The molecule has 0 aliphatic heterocycles. The molecule has 0 spiro atoms. The van der Waals surface area contributed by atoms with Crippen molar-refractivity contribution < 1.29 is 14.6 Å². The summed E-state index contributed by atoms with van der Waals surface area (Å²) < 4.78 is 4.75. The molecule has 0 saturated heterocycles. The Bertz CT molecular complexity index is 136. The Morgan fingerprint density at radius 1 is 1.50 bits per heavy atom. The van der Waals surface area contributed by atoms with E-state index in [1.807, 2.05) is 13.8 Å². The molecule has 0 fully saturated rings. The van der Waals surface area contributed by atoms with Crippen molar-refractivity contribution in [3.63, 3.8) is 0 Å². The highest BCUT2D eigenvalue weighted by atomic mass is 16.6. The number of alkyl carbamates (subject to hydrolysis) is 1. The summed E-state index contributed by atoms with van der Waals surface area (Å²) in [5.41, 5.74) is 0. The van der Waals surface area contributed by atoms with Crippen molar-refractivity contribution in [2.24, 2.45) is 5.92 Å². The normalized spacial score (nSPS) is 12.8. The Morgan fingerprint density at radius 2 is 2.08 bits per heavy atom. The molecule has 0 heterocycles. The third kappa shape index (κ3) is 5.97. The second kappa shape index (κ2) is 5.83. The predicted octanol–water partition coefficient (Wildman–Crippen LogP) is 0.749. The van der Waals surface area contributed by atoms with Crippen molar-refractivity contribution >= 4 is 6.09 Å². The van der Waals surface area contributed by atoms with Crippen LogP contribution in [0.4, 0.5) is 4.79 Å². The van der Waals surface area contributed by atoms with E-state index >= 15 is 0 Å². The number of nitrogens with one attached hydrogen (secondary N) is 1. The Morgan fingerprint density at radius 3 is 2.50 bits per heavy atom. The third-order valence-electron chi connectivity index (χ3n) is 1.22. The molecule has 1 atom stereocenters. The van der Waals surface area contributed by atoms with Crippen LogP contribution in [-0.4, -0.2) is 30.5 Å². The van der Waals surface area contributed by atoms with Gasteiger partial charge in [0.1, 0.15) is 6.10 Å². The SMILES string of the molecule is CC(C)CNC(=O)OC(C)CO. The van der Waals surface area contributed by atoms with Gasteiger partial charge < -0.3 is 15.2 Å². The number of carbonyl (C=O) groups excluding carboxylic acids is 1. The molecule has 1 unspecified atom stereocenters. The summed E-state index contributed by atoms with van der Waals surface area (Å²) in [4.78, 5) is 10.9. The minimum absolute atomic E-state index is 0.144. The Hall–Kier alpha value is -0.770. The maximum atomic E-state index is 10.9. The van der Waals surface area contributed by atoms with Gasteiger partial charge in [0.05, 0.1) is 6.61 Å². The average Bonchev–Trinajstić information content (AvgIpc) is 2.00. The van der Waals surface area contributed by atoms with E-state index in [1.54, 1.807) is 6.92 Å². The van der Waals surface area contributed by atoms with Gasteiger partial charge in [0.2, 0.25) is 0 Å². The first-order valence-electron chi connectivity index (χ1n) is 4.11. The van der Waals surface area contributed by atoms with Gasteiger partial charge >= 0.3 is 6.09 Å². The lowest BCUT2D eigenvalue weighted by molar-refractivity contribution is 0.0676. The first kappa shape index (κ1) is 11.2. The summed E-state index contributed by atoms with van der Waals surface area (Å²) in [6, 6.07) is 0. The highest BCUT2D eigenvalue weighted by Crippen LogP contribution is 1.91. The summed E-state index contributed by atoms with van der Waals surface area (Å²) in [6.45, 7) is 6.08. The van der Waals surface area contributed by atoms with Crippen LogP contribution in [0, 0.1) is 5.92 Å². The number of hydrogen-bond donors (Lipinski definition) is 2. The lowest BCUT2D eigenvalue weighted by Gasteiger charge is -2.12. The first-order valence-corrected chi connectivity index (χ1v) is 4.11. The summed E-state index contributed by atoms with van der Waals surface area (Å²) in [5, 5.41) is 11.1. The first-order chi connectivity index (χ1) is 5.56. The predicted molar refractivity (Wildman–Crippen MR) is 45.9 cm³/mol. The standard InChI is InChI=1S/C8H17NO3/c1-6(2)4-9-8(11)12-7(3)5-10/h6-7,10H,4-5H2,1-3H3,(H,9,11). The smallest absolute Gasteiger partial charge is 0.407 e. The van der Waals surface area contributed by atoms with Gasteiger partial charge in [-0.25, -0.2) is 4.79 Å². The summed E-state index contributed by atoms with van der Waals surface area (Å²) in [6.07, 6.45) is -0.901. The van der Waals surface area contributed by atoms with E-state index in [2.05, 4.69) is 5.32 Å². The number of ether oxygens (including phenoxy) is 1. The molecule has 0 aromatic rings. The van der Waals surface area contributed by atoms with Gasteiger partial charge in [0, 0.05) is 6.54 Å². The minimum Gasteiger partial charge on any atom is -0.444 e. The second-order valence-electron chi connectivity index (χ2n) is 3.17. The van der Waals surface area contributed by atoms with Crippen LogP contribution in [0.25, 0.3) is 0 Å². The van der Waals surface area contributed by atoms with Crippen LogP contribution in [0.15, 0.2) is 0 Å². The van der Waals surface area contributed by atoms with E-state index in [0.717, 1.165) is 0 Å². The van der Waals surface area contributed by atoms with Crippen LogP contribution in [-0.2, 0) is 4.74 Å². The largest absolute Gasteiger partial charge is 0.444 e. The minimum atomic E-state index is -0.467. The van der Waals surface area contributed by atoms with Crippen LogP contribution >= 0.6 is 0 Å². The van der Waals surface area contributed by atoms with E-state index < -0.39 is 12.2 Å². The van der Waals surface area contributed by atoms with Crippen LogP contribution in [0.3, 0.4) is 0 Å². The fourth-order valence-electron chi connectivity index (χ4n) is 0.549. The lowest BCUT2D eigenvalue weighted by Crippen LogP contribution is -2.31. The highest BCUT2D eigenvalue weighted by molar-refractivity contribution is 5.67. The van der Waals surface area contributed by atoms with Crippen LogP contribution in [0.2, 0.25) is 0 Å². The fourth-order valence-corrected chi connectivity index (χ4v) is 0.549. The Labute approximate surface area is 72.9 Å². The topological polar surface area (TPSA) is 58.6 Å². The van der Waals surface area contributed by atoms with E-state index in [9.17, 15) is 4.79 Å². The van der Waals surface area contributed by atoms with Gasteiger partial charge in [-0.15, -0.1) is 0 Å². The molecule has 0 aliphatic carbocycles. The molecule has 4 heteroatoms. The maximum Gasteiger partial charge on any atom is 0.407 e. The summed E-state index contributed by atoms with van der Waals surface area (Å²) >= 11 is 0. The molecule has 12 heavy (non-hydrogen) atoms. The molecule has 0 aromatic carbocycles. The molecular weight excluding hydrogens is 158 g/mol. The summed E-state index contributed by atoms with van der Waals surface area (Å²) in [5.74, 6) is 0.405. The van der Waals surface area contributed by atoms with Gasteiger partial charge in [-0.1, -0.05) is 13.8 Å². The summed E-state index contributed by atoms with van der Waals surface area (Å²) in [7, 11) is 0. The molecule has 0 aromatic heterocycles. The average molecular weight is 175 g/mol. The van der Waals surface area contributed by atoms with E-state index in [-0.39, 0.29) is 6.61 Å². The zero-order valence-electron chi connectivity index (χ0n) is 7.83. The van der Waals surface area contributed by atoms with Gasteiger partial charge in [-0.05, 0) is 12.8 Å². The number of aliphatic hydroxyl groups is 1. The van der Waals surface area contributed by atoms with Crippen molar-refractivity contribution in [2.75, 3.05) is 13.2 Å². The number of amides is 1. The van der Waals surface area contributed by atoms with E-state index in [0.29, 0.717) is 12.5 Å². The fraction of sp³-hybridized carbons (Fsp3) is 0.875. The number of hydrogen-bond acceptors (Lipinski definition) is 3. The molecule has 0 saturated carbocycles. The molecule has 2 N–H and O–H groups in total. The maximum absolute atomic E-state index is 10.9. The Balaban J connectivity index is 3.46. The van der Waals surface area contributed by atoms with Gasteiger partial charge in [-0.3, -0.25) is 0 Å². The molecule has 0 bridgehead atoms. The monoisotopic (exact) mass is 175 g/mol. The van der Waals surface area contributed by atoms with Crippen LogP contribution in [0.5, 0.6) is 0 Å². The zero-order valence-corrected chi connectivity index (χ0v) is 7.83. The molecule has 0 radical (unpaired) electrons. The van der Waals surface area contributed by atoms with Crippen molar-refractivity contribution in [1.82, 2.24) is 5.32 Å². The Kier molecular flexibility index (Phi) is 5.45. The molecule has 0 rings (SSSR count). The molecule has 4 nitrogen and oxygen atoms in total. The van der Waals surface area contributed by atoms with E-state index in [4.69, 9.17) is 9.84 Å². The molecule has 1 amide bonds. The van der Waals surface area contributed by atoms with E-state index in [1.165, 1.54) is 0 Å². The van der Waals surface area contributed by atoms with Gasteiger partial charge in [-0.2, -0.15) is 0 Å². The number of rotatable bonds is 4. The van der Waals surface area contributed by atoms with Gasteiger partial charge in [0.15, 0.2) is 0 Å². The number of aliphatic hydroxyl groups excluding tert-OH is 1. The van der Waals surface area contributed by atoms with Gasteiger partial charge in [0.25, 0.3) is 0 Å². The van der Waals surface area contributed by atoms with Crippen molar-refractivity contribution in [3.8, 4) is 0 Å². The van der Waals surface area contributed by atoms with Crippen molar-refractivity contribution in [1.29, 1.82) is 0 Å². The zero-order chi connectivity index (χ0) is 9.56. The second-order valence-corrected chi connectivity index (χ2v) is 3.17. The molecular formula is C8H17NO3. The lowest BCUT2D eigenvalue weighted by atomic mass is 10.2. The van der Waals surface area contributed by atoms with Crippen molar-refractivity contribution in [2.45, 2.75) is 26.9 Å². The van der Waals surface area contributed by atoms with Crippen molar-refractivity contribution in [3.05, 3.63) is 0 Å². The van der Waals surface area contributed by atoms with Crippen LogP contribution in [0.1, 0.15) is 20.8 Å².